The molecule has 0 unspecified atom stereocenters. The molecule has 0 fully saturated rings. The van der Waals surface area contributed by atoms with Gasteiger partial charge < -0.3 is 10.1 Å². The van der Waals surface area contributed by atoms with Crippen molar-refractivity contribution in [3.8, 4) is 5.75 Å². The lowest BCUT2D eigenvalue weighted by atomic mass is 9.96. The Labute approximate surface area is 145 Å². The minimum absolute atomic E-state index is 0.0507. The number of carbonyl (C=O) groups excluding carboxylic acids is 1. The number of benzene rings is 2. The van der Waals surface area contributed by atoms with Crippen LogP contribution in [0.4, 0.5) is 0 Å². The van der Waals surface area contributed by atoms with Crippen molar-refractivity contribution in [2.45, 2.75) is 53.2 Å². The maximum Gasteiger partial charge on any atom is 0.261 e. The number of hydrogen-bond donors (Lipinski definition) is 1. The normalized spacial score (nSPS) is 13.2. The predicted molar refractivity (Wildman–Crippen MR) is 98.4 cm³/mol. The van der Waals surface area contributed by atoms with Crippen molar-refractivity contribution in [1.29, 1.82) is 0 Å². The van der Waals surface area contributed by atoms with Crippen LogP contribution in [0.25, 0.3) is 0 Å². The van der Waals surface area contributed by atoms with Crippen molar-refractivity contribution in [1.82, 2.24) is 5.32 Å². The summed E-state index contributed by atoms with van der Waals surface area (Å²) in [7, 11) is 0. The fourth-order valence-corrected chi connectivity index (χ4v) is 2.82. The van der Waals surface area contributed by atoms with Gasteiger partial charge in [-0.1, -0.05) is 37.3 Å². The molecule has 0 heterocycles. The molecule has 0 aliphatic heterocycles. The summed E-state index contributed by atoms with van der Waals surface area (Å²) in [5.74, 6) is 0.640. The first-order chi connectivity index (χ1) is 11.4. The minimum Gasteiger partial charge on any atom is -0.481 e. The smallest absolute Gasteiger partial charge is 0.261 e. The van der Waals surface area contributed by atoms with Crippen LogP contribution < -0.4 is 10.1 Å². The lowest BCUT2D eigenvalue weighted by molar-refractivity contribution is -0.128. The van der Waals surface area contributed by atoms with E-state index in [0.717, 1.165) is 11.3 Å². The fraction of sp³-hybridized carbons (Fsp3) is 0.381. The molecule has 2 aromatic rings. The van der Waals surface area contributed by atoms with Crippen molar-refractivity contribution in [2.24, 2.45) is 0 Å². The largest absolute Gasteiger partial charge is 0.481 e. The third-order valence-electron chi connectivity index (χ3n) is 4.39. The molecule has 2 aromatic carbocycles. The zero-order chi connectivity index (χ0) is 17.7. The summed E-state index contributed by atoms with van der Waals surface area (Å²) in [6, 6.07) is 13.8. The summed E-state index contributed by atoms with van der Waals surface area (Å²) in [5, 5.41) is 3.09. The number of para-hydroxylation sites is 1. The van der Waals surface area contributed by atoms with Crippen LogP contribution in [0.2, 0.25) is 0 Å². The van der Waals surface area contributed by atoms with E-state index in [-0.39, 0.29) is 11.9 Å². The quantitative estimate of drug-likeness (QED) is 0.840. The first-order valence-corrected chi connectivity index (χ1v) is 8.52. The predicted octanol–water partition coefficient (Wildman–Crippen LogP) is 4.65. The Bertz CT molecular complexity index is 694. The number of carbonyl (C=O) groups is 1. The fourth-order valence-electron chi connectivity index (χ4n) is 2.82. The van der Waals surface area contributed by atoms with Gasteiger partial charge in [0.2, 0.25) is 0 Å². The third-order valence-corrected chi connectivity index (χ3v) is 4.39. The average Bonchev–Trinajstić information content (AvgIpc) is 2.56. The maximum atomic E-state index is 12.6. The second-order valence-corrected chi connectivity index (χ2v) is 6.35. The minimum atomic E-state index is -0.485. The molecule has 2 rings (SSSR count). The van der Waals surface area contributed by atoms with Gasteiger partial charge in [-0.3, -0.25) is 4.79 Å². The molecular formula is C21H27NO2. The Kier molecular flexibility index (Phi) is 6.02. The standard InChI is InChI=1S/C21H27NO2/c1-6-20(24-18-10-8-7-9-11-18)21(23)22-17(5)19-13-15(3)14(2)12-16(19)4/h7-13,17,20H,6H2,1-5H3,(H,22,23)/t17-,20+/m1/s1. The van der Waals surface area contributed by atoms with Gasteiger partial charge in [-0.2, -0.15) is 0 Å². The SMILES string of the molecule is CC[C@H](Oc1ccccc1)C(=O)N[C@H](C)c1cc(C)c(C)cc1C. The first-order valence-electron chi connectivity index (χ1n) is 8.52. The molecule has 24 heavy (non-hydrogen) atoms. The van der Waals surface area contributed by atoms with E-state index in [9.17, 15) is 4.79 Å². The molecular weight excluding hydrogens is 298 g/mol. The van der Waals surface area contributed by atoms with Crippen molar-refractivity contribution in [3.05, 3.63) is 64.7 Å². The van der Waals surface area contributed by atoms with Crippen LogP contribution in [0.3, 0.4) is 0 Å². The van der Waals surface area contributed by atoms with E-state index in [1.54, 1.807) is 0 Å². The summed E-state index contributed by atoms with van der Waals surface area (Å²) in [6.45, 7) is 10.3. The Hall–Kier alpha value is -2.29. The highest BCUT2D eigenvalue weighted by Crippen LogP contribution is 2.22. The van der Waals surface area contributed by atoms with Gasteiger partial charge in [-0.05, 0) is 68.5 Å². The molecule has 128 valence electrons. The Morgan fingerprint density at radius 1 is 1.04 bits per heavy atom. The van der Waals surface area contributed by atoms with Crippen molar-refractivity contribution in [3.63, 3.8) is 0 Å². The molecule has 3 heteroatoms. The molecule has 2 atom stereocenters. The van der Waals surface area contributed by atoms with Gasteiger partial charge >= 0.3 is 0 Å². The molecule has 1 N–H and O–H groups in total. The van der Waals surface area contributed by atoms with E-state index in [4.69, 9.17) is 4.74 Å². The maximum absolute atomic E-state index is 12.6. The van der Waals surface area contributed by atoms with Crippen LogP contribution in [-0.4, -0.2) is 12.0 Å². The van der Waals surface area contributed by atoms with E-state index in [2.05, 4.69) is 38.2 Å². The molecule has 0 spiro atoms. The van der Waals surface area contributed by atoms with Crippen LogP contribution in [-0.2, 0) is 4.79 Å². The van der Waals surface area contributed by atoms with E-state index in [1.165, 1.54) is 16.7 Å². The summed E-state index contributed by atoms with van der Waals surface area (Å²) in [6.07, 6.45) is 0.140. The van der Waals surface area contributed by atoms with E-state index in [1.807, 2.05) is 44.2 Å². The van der Waals surface area contributed by atoms with Gasteiger partial charge in [-0.25, -0.2) is 0 Å². The van der Waals surface area contributed by atoms with E-state index < -0.39 is 6.10 Å². The van der Waals surface area contributed by atoms with Crippen LogP contribution in [0, 0.1) is 20.8 Å². The van der Waals surface area contributed by atoms with Crippen LogP contribution >= 0.6 is 0 Å². The van der Waals surface area contributed by atoms with Gasteiger partial charge in [0.15, 0.2) is 6.10 Å². The third kappa shape index (κ3) is 4.38. The van der Waals surface area contributed by atoms with Crippen LogP contribution in [0.1, 0.15) is 48.6 Å². The average molecular weight is 325 g/mol. The summed E-state index contributed by atoms with van der Waals surface area (Å²) in [4.78, 5) is 12.6. The van der Waals surface area contributed by atoms with Gasteiger partial charge in [-0.15, -0.1) is 0 Å². The number of ether oxygens (including phenoxy) is 1. The van der Waals surface area contributed by atoms with Crippen molar-refractivity contribution in [2.75, 3.05) is 0 Å². The molecule has 0 aliphatic carbocycles. The zero-order valence-electron chi connectivity index (χ0n) is 15.2. The number of aryl methyl sites for hydroxylation is 3. The summed E-state index contributed by atoms with van der Waals surface area (Å²) >= 11 is 0. The number of hydrogen-bond acceptors (Lipinski definition) is 2. The van der Waals surface area contributed by atoms with Crippen molar-refractivity contribution < 1.29 is 9.53 Å². The highest BCUT2D eigenvalue weighted by molar-refractivity contribution is 5.81. The lowest BCUT2D eigenvalue weighted by Gasteiger charge is -2.22. The Balaban J connectivity index is 2.08. The summed E-state index contributed by atoms with van der Waals surface area (Å²) < 4.78 is 5.82. The lowest BCUT2D eigenvalue weighted by Crippen LogP contribution is -2.39. The molecule has 0 saturated carbocycles. The van der Waals surface area contributed by atoms with Gasteiger partial charge in [0.1, 0.15) is 5.75 Å². The zero-order valence-corrected chi connectivity index (χ0v) is 15.2. The summed E-state index contributed by atoms with van der Waals surface area (Å²) in [5.41, 5.74) is 4.86. The monoisotopic (exact) mass is 325 g/mol. The molecule has 3 nitrogen and oxygen atoms in total. The van der Waals surface area contributed by atoms with Gasteiger partial charge in [0.25, 0.3) is 5.91 Å². The molecule has 0 radical (unpaired) electrons. The van der Waals surface area contributed by atoms with Crippen LogP contribution in [0.15, 0.2) is 42.5 Å². The number of amides is 1. The topological polar surface area (TPSA) is 38.3 Å². The highest BCUT2D eigenvalue weighted by Gasteiger charge is 2.21. The van der Waals surface area contributed by atoms with Gasteiger partial charge in [0.05, 0.1) is 6.04 Å². The van der Waals surface area contributed by atoms with E-state index in [0.29, 0.717) is 6.42 Å². The molecule has 0 bridgehead atoms. The van der Waals surface area contributed by atoms with Gasteiger partial charge in [0, 0.05) is 0 Å². The molecule has 1 amide bonds. The molecule has 0 aliphatic rings. The number of nitrogens with one attached hydrogen (secondary N) is 1. The molecule has 0 aromatic heterocycles. The second kappa shape index (κ2) is 8.00. The van der Waals surface area contributed by atoms with Crippen LogP contribution in [0.5, 0.6) is 5.75 Å². The molecule has 0 saturated heterocycles. The number of rotatable bonds is 6. The first kappa shape index (κ1) is 18.1. The second-order valence-electron chi connectivity index (χ2n) is 6.35. The Morgan fingerprint density at radius 2 is 1.67 bits per heavy atom. The van der Waals surface area contributed by atoms with Crippen molar-refractivity contribution >= 4 is 5.91 Å². The Morgan fingerprint density at radius 3 is 2.29 bits per heavy atom. The highest BCUT2D eigenvalue weighted by atomic mass is 16.5. The van der Waals surface area contributed by atoms with E-state index >= 15 is 0 Å².